The summed E-state index contributed by atoms with van der Waals surface area (Å²) in [7, 11) is -3.92. The third-order valence-corrected chi connectivity index (χ3v) is 7.06. The first-order chi connectivity index (χ1) is 14.8. The summed E-state index contributed by atoms with van der Waals surface area (Å²) in [6, 6.07) is 16.2. The number of nitrogens with one attached hydrogen (secondary N) is 2. The summed E-state index contributed by atoms with van der Waals surface area (Å²) < 4.78 is 31.5. The molecule has 3 rings (SSSR count). The molecule has 0 aliphatic heterocycles. The van der Waals surface area contributed by atoms with Crippen LogP contribution in [0, 0.1) is 6.92 Å². The molecule has 31 heavy (non-hydrogen) atoms. The van der Waals surface area contributed by atoms with Crippen LogP contribution >= 0.6 is 11.6 Å². The average Bonchev–Trinajstić information content (AvgIpc) is 3.27. The molecule has 1 aromatic heterocycles. The number of amides is 2. The van der Waals surface area contributed by atoms with Crippen LogP contribution in [0.2, 0.25) is 5.02 Å². The molecule has 0 fully saturated rings. The van der Waals surface area contributed by atoms with Gasteiger partial charge in [0.1, 0.15) is 11.0 Å². The first-order valence-corrected chi connectivity index (χ1v) is 11.3. The standard InChI is InChI=1S/C22H21ClN2O5S/c1-15-5-2-3-6-16(15)13-24-21(26)22(27)25-14-20(19-7-4-12-30-19)31(28,29)18-10-8-17(23)9-11-18/h2-12,20H,13-14H2,1H3,(H,24,26)(H,25,27)/t20-/m0/s1. The molecule has 0 bridgehead atoms. The van der Waals surface area contributed by atoms with Crippen molar-refractivity contribution in [2.45, 2.75) is 23.6 Å². The van der Waals surface area contributed by atoms with Crippen LogP contribution in [0.25, 0.3) is 0 Å². The van der Waals surface area contributed by atoms with E-state index >= 15 is 0 Å². The van der Waals surface area contributed by atoms with Gasteiger partial charge in [0.15, 0.2) is 9.84 Å². The number of aryl methyl sites for hydroxylation is 1. The van der Waals surface area contributed by atoms with Gasteiger partial charge in [0, 0.05) is 18.1 Å². The van der Waals surface area contributed by atoms with Gasteiger partial charge in [-0.2, -0.15) is 0 Å². The van der Waals surface area contributed by atoms with Crippen molar-refractivity contribution in [1.29, 1.82) is 0 Å². The molecule has 3 aromatic rings. The summed E-state index contributed by atoms with van der Waals surface area (Å²) in [6.07, 6.45) is 1.34. The molecule has 2 aromatic carbocycles. The Morgan fingerprint density at radius 3 is 2.29 bits per heavy atom. The molecule has 0 aliphatic carbocycles. The molecule has 2 N–H and O–H groups in total. The van der Waals surface area contributed by atoms with E-state index in [2.05, 4.69) is 10.6 Å². The van der Waals surface area contributed by atoms with Crippen molar-refractivity contribution in [2.24, 2.45) is 0 Å². The number of benzene rings is 2. The summed E-state index contributed by atoms with van der Waals surface area (Å²) in [5.74, 6) is -1.64. The van der Waals surface area contributed by atoms with Gasteiger partial charge in [0.2, 0.25) is 0 Å². The van der Waals surface area contributed by atoms with Gasteiger partial charge in [-0.3, -0.25) is 9.59 Å². The van der Waals surface area contributed by atoms with Gasteiger partial charge >= 0.3 is 11.8 Å². The van der Waals surface area contributed by atoms with E-state index in [-0.39, 0.29) is 23.7 Å². The maximum Gasteiger partial charge on any atom is 0.309 e. The molecule has 0 aliphatic rings. The number of hydrogen-bond acceptors (Lipinski definition) is 5. The zero-order valence-electron chi connectivity index (χ0n) is 16.7. The highest BCUT2D eigenvalue weighted by atomic mass is 35.5. The molecule has 0 spiro atoms. The molecule has 0 saturated carbocycles. The lowest BCUT2D eigenvalue weighted by Gasteiger charge is -2.17. The van der Waals surface area contributed by atoms with Crippen LogP contribution in [0.15, 0.2) is 76.2 Å². The first-order valence-electron chi connectivity index (χ1n) is 9.42. The third-order valence-electron chi connectivity index (χ3n) is 4.73. The number of furan rings is 1. The van der Waals surface area contributed by atoms with E-state index in [9.17, 15) is 18.0 Å². The van der Waals surface area contributed by atoms with E-state index in [1.165, 1.54) is 36.6 Å². The fourth-order valence-electron chi connectivity index (χ4n) is 2.96. The van der Waals surface area contributed by atoms with Gasteiger partial charge < -0.3 is 15.1 Å². The van der Waals surface area contributed by atoms with Crippen LogP contribution in [0.4, 0.5) is 0 Å². The second kappa shape index (κ2) is 9.80. The van der Waals surface area contributed by atoms with E-state index in [0.717, 1.165) is 11.1 Å². The summed E-state index contributed by atoms with van der Waals surface area (Å²) in [6.45, 7) is 1.75. The molecule has 0 radical (unpaired) electrons. The molecular formula is C22H21ClN2O5S. The summed E-state index contributed by atoms with van der Waals surface area (Å²) >= 11 is 5.85. The predicted octanol–water partition coefficient (Wildman–Crippen LogP) is 3.19. The lowest BCUT2D eigenvalue weighted by Crippen LogP contribution is -2.42. The van der Waals surface area contributed by atoms with E-state index in [4.69, 9.17) is 16.0 Å². The summed E-state index contributed by atoms with van der Waals surface area (Å²) in [5.41, 5.74) is 1.86. The number of sulfone groups is 1. The predicted molar refractivity (Wildman–Crippen MR) is 116 cm³/mol. The molecule has 9 heteroatoms. The number of carbonyl (C=O) groups is 2. The summed E-state index contributed by atoms with van der Waals surface area (Å²) in [4.78, 5) is 24.5. The topological polar surface area (TPSA) is 105 Å². The van der Waals surface area contributed by atoms with E-state index < -0.39 is 26.9 Å². The van der Waals surface area contributed by atoms with Gasteiger partial charge in [0.05, 0.1) is 11.2 Å². The monoisotopic (exact) mass is 460 g/mol. The normalized spacial score (nSPS) is 12.2. The Labute approximate surface area is 185 Å². The fraction of sp³-hybridized carbons (Fsp3) is 0.182. The van der Waals surface area contributed by atoms with Crippen molar-refractivity contribution in [3.8, 4) is 0 Å². The minimum absolute atomic E-state index is 0.0246. The Kier molecular flexibility index (Phi) is 7.14. The van der Waals surface area contributed by atoms with Crippen LogP contribution in [0.3, 0.4) is 0 Å². The van der Waals surface area contributed by atoms with Crippen LogP contribution < -0.4 is 10.6 Å². The van der Waals surface area contributed by atoms with Crippen LogP contribution in [0.1, 0.15) is 22.1 Å². The van der Waals surface area contributed by atoms with Gasteiger partial charge in [-0.05, 0) is 54.4 Å². The van der Waals surface area contributed by atoms with E-state index in [1.807, 2.05) is 31.2 Å². The van der Waals surface area contributed by atoms with Gasteiger partial charge in [-0.1, -0.05) is 35.9 Å². The minimum atomic E-state index is -3.92. The Bertz CT molecular complexity index is 1160. The second-order valence-corrected chi connectivity index (χ2v) is 9.39. The van der Waals surface area contributed by atoms with Crippen molar-refractivity contribution in [3.63, 3.8) is 0 Å². The lowest BCUT2D eigenvalue weighted by molar-refractivity contribution is -0.139. The largest absolute Gasteiger partial charge is 0.468 e. The maximum absolute atomic E-state index is 13.1. The van der Waals surface area contributed by atoms with Gasteiger partial charge in [-0.25, -0.2) is 8.42 Å². The van der Waals surface area contributed by atoms with Crippen molar-refractivity contribution < 1.29 is 22.4 Å². The molecule has 162 valence electrons. The van der Waals surface area contributed by atoms with Crippen LogP contribution in [-0.2, 0) is 26.0 Å². The van der Waals surface area contributed by atoms with E-state index in [1.54, 1.807) is 6.07 Å². The van der Waals surface area contributed by atoms with Crippen molar-refractivity contribution in [2.75, 3.05) is 6.54 Å². The van der Waals surface area contributed by atoms with Crippen LogP contribution in [-0.4, -0.2) is 26.8 Å². The molecule has 7 nitrogen and oxygen atoms in total. The van der Waals surface area contributed by atoms with Gasteiger partial charge in [0.25, 0.3) is 0 Å². The highest BCUT2D eigenvalue weighted by molar-refractivity contribution is 7.91. The molecule has 0 unspecified atom stereocenters. The lowest BCUT2D eigenvalue weighted by atomic mass is 10.1. The molecule has 0 saturated heterocycles. The molecule has 1 heterocycles. The first kappa shape index (κ1) is 22.6. The number of carbonyl (C=O) groups excluding carboxylic acids is 2. The van der Waals surface area contributed by atoms with Crippen molar-refractivity contribution >= 4 is 33.3 Å². The fourth-order valence-corrected chi connectivity index (χ4v) is 4.67. The highest BCUT2D eigenvalue weighted by Gasteiger charge is 2.32. The zero-order chi connectivity index (χ0) is 22.4. The maximum atomic E-state index is 13.1. The van der Waals surface area contributed by atoms with E-state index in [0.29, 0.717) is 5.02 Å². The zero-order valence-corrected chi connectivity index (χ0v) is 18.2. The van der Waals surface area contributed by atoms with Gasteiger partial charge in [-0.15, -0.1) is 0 Å². The third kappa shape index (κ3) is 5.53. The highest BCUT2D eigenvalue weighted by Crippen LogP contribution is 2.29. The quantitative estimate of drug-likeness (QED) is 0.527. The Balaban J connectivity index is 1.69. The van der Waals surface area contributed by atoms with Crippen LogP contribution in [0.5, 0.6) is 0 Å². The average molecular weight is 461 g/mol. The Morgan fingerprint density at radius 2 is 1.65 bits per heavy atom. The second-order valence-electron chi connectivity index (χ2n) is 6.82. The number of hydrogen-bond donors (Lipinski definition) is 2. The van der Waals surface area contributed by atoms with Crippen molar-refractivity contribution in [1.82, 2.24) is 10.6 Å². The number of rotatable bonds is 7. The Hall–Kier alpha value is -3.10. The Morgan fingerprint density at radius 1 is 0.968 bits per heavy atom. The summed E-state index contributed by atoms with van der Waals surface area (Å²) in [5, 5.41) is 4.11. The smallest absolute Gasteiger partial charge is 0.309 e. The molecular weight excluding hydrogens is 440 g/mol. The minimum Gasteiger partial charge on any atom is -0.468 e. The van der Waals surface area contributed by atoms with Crippen molar-refractivity contribution in [3.05, 3.63) is 88.8 Å². The molecule has 1 atom stereocenters. The molecule has 2 amide bonds. The number of halogens is 1. The SMILES string of the molecule is Cc1ccccc1CNC(=O)C(=O)NC[C@@H](c1ccco1)S(=O)(=O)c1ccc(Cl)cc1.